The average molecular weight is 212 g/mol. The first-order valence-corrected chi connectivity index (χ1v) is 6.80. The van der Waals surface area contributed by atoms with Crippen molar-refractivity contribution in [3.05, 3.63) is 0 Å². The van der Waals surface area contributed by atoms with Gasteiger partial charge in [-0.2, -0.15) is 0 Å². The summed E-state index contributed by atoms with van der Waals surface area (Å²) >= 11 is 0. The van der Waals surface area contributed by atoms with Gasteiger partial charge in [0.05, 0.1) is 0 Å². The number of unbranched alkanes of at least 4 members (excludes halogenated alkanes) is 2. The second kappa shape index (κ2) is 9.17. The van der Waals surface area contributed by atoms with E-state index in [1.165, 1.54) is 77.5 Å². The Kier molecular flexibility index (Phi) is 7.94. The second-order valence-electron chi connectivity index (χ2n) is 4.77. The Bertz CT molecular complexity index is 128. The first kappa shape index (κ1) is 13.0. The predicted octanol–water partition coefficient (Wildman–Crippen LogP) is 2.64. The fraction of sp³-hybridized carbons (Fsp3) is 1.00. The van der Waals surface area contributed by atoms with Crippen molar-refractivity contribution in [2.24, 2.45) is 0 Å². The van der Waals surface area contributed by atoms with Gasteiger partial charge in [-0.05, 0) is 58.9 Å². The van der Waals surface area contributed by atoms with Gasteiger partial charge in [-0.1, -0.05) is 25.7 Å². The van der Waals surface area contributed by atoms with E-state index in [9.17, 15) is 0 Å². The third kappa shape index (κ3) is 6.91. The molecule has 0 aliphatic carbocycles. The standard InChI is InChI=1S/C13H28N2/c1-14-10-6-5-9-13-15-11-7-3-2-4-8-12-15/h14H,2-13H2,1H3. The Hall–Kier alpha value is -0.0800. The van der Waals surface area contributed by atoms with Gasteiger partial charge in [-0.15, -0.1) is 0 Å². The molecular formula is C13H28N2. The third-order valence-electron chi connectivity index (χ3n) is 3.35. The molecule has 0 amide bonds. The molecule has 0 aromatic carbocycles. The van der Waals surface area contributed by atoms with Crippen LogP contribution in [-0.2, 0) is 0 Å². The van der Waals surface area contributed by atoms with Crippen molar-refractivity contribution >= 4 is 0 Å². The normalized spacial score (nSPS) is 19.8. The van der Waals surface area contributed by atoms with Gasteiger partial charge in [0.25, 0.3) is 0 Å². The maximum atomic E-state index is 3.21. The Balaban J connectivity index is 1.97. The van der Waals surface area contributed by atoms with E-state index >= 15 is 0 Å². The maximum absolute atomic E-state index is 3.21. The SMILES string of the molecule is CNCCCCCN1CCCCCCC1. The minimum absolute atomic E-state index is 1.18. The van der Waals surface area contributed by atoms with Gasteiger partial charge in [-0.25, -0.2) is 0 Å². The van der Waals surface area contributed by atoms with Crippen LogP contribution in [0.2, 0.25) is 0 Å². The maximum Gasteiger partial charge on any atom is -0.00187 e. The summed E-state index contributed by atoms with van der Waals surface area (Å²) in [5, 5.41) is 3.21. The molecule has 1 aliphatic heterocycles. The molecule has 2 heteroatoms. The highest BCUT2D eigenvalue weighted by molar-refractivity contribution is 4.62. The molecule has 0 saturated carbocycles. The summed E-state index contributed by atoms with van der Waals surface area (Å²) in [7, 11) is 2.04. The zero-order chi connectivity index (χ0) is 10.8. The van der Waals surface area contributed by atoms with Crippen LogP contribution in [-0.4, -0.2) is 38.1 Å². The van der Waals surface area contributed by atoms with E-state index in [-0.39, 0.29) is 0 Å². The first-order valence-electron chi connectivity index (χ1n) is 6.80. The molecule has 0 spiro atoms. The topological polar surface area (TPSA) is 15.3 Å². The molecule has 0 bridgehead atoms. The van der Waals surface area contributed by atoms with Crippen LogP contribution in [0.1, 0.15) is 51.4 Å². The van der Waals surface area contributed by atoms with Gasteiger partial charge in [0, 0.05) is 0 Å². The lowest BCUT2D eigenvalue weighted by molar-refractivity contribution is 0.242. The van der Waals surface area contributed by atoms with Crippen LogP contribution in [0.5, 0.6) is 0 Å². The zero-order valence-corrected chi connectivity index (χ0v) is 10.4. The summed E-state index contributed by atoms with van der Waals surface area (Å²) < 4.78 is 0. The van der Waals surface area contributed by atoms with Crippen LogP contribution in [0.15, 0.2) is 0 Å². The summed E-state index contributed by atoms with van der Waals surface area (Å²) in [6, 6.07) is 0. The molecule has 1 heterocycles. The van der Waals surface area contributed by atoms with Crippen molar-refractivity contribution < 1.29 is 0 Å². The number of nitrogens with one attached hydrogen (secondary N) is 1. The molecule has 1 N–H and O–H groups in total. The average Bonchev–Trinajstić information content (AvgIpc) is 2.20. The van der Waals surface area contributed by atoms with Crippen LogP contribution in [0.25, 0.3) is 0 Å². The van der Waals surface area contributed by atoms with Gasteiger partial charge in [0.1, 0.15) is 0 Å². The highest BCUT2D eigenvalue weighted by Gasteiger charge is 2.06. The molecule has 2 nitrogen and oxygen atoms in total. The molecule has 90 valence electrons. The van der Waals surface area contributed by atoms with Crippen LogP contribution in [0.4, 0.5) is 0 Å². The fourth-order valence-corrected chi connectivity index (χ4v) is 2.35. The second-order valence-corrected chi connectivity index (χ2v) is 4.77. The number of likely N-dealkylation sites (tertiary alicyclic amines) is 1. The summed E-state index contributed by atoms with van der Waals surface area (Å²) in [6.45, 7) is 5.22. The van der Waals surface area contributed by atoms with E-state index in [4.69, 9.17) is 0 Å². The van der Waals surface area contributed by atoms with E-state index in [1.54, 1.807) is 0 Å². The van der Waals surface area contributed by atoms with Gasteiger partial charge < -0.3 is 10.2 Å². The van der Waals surface area contributed by atoms with Crippen molar-refractivity contribution in [3.8, 4) is 0 Å². The monoisotopic (exact) mass is 212 g/mol. The van der Waals surface area contributed by atoms with E-state index in [2.05, 4.69) is 10.2 Å². The lowest BCUT2D eigenvalue weighted by Gasteiger charge is -2.24. The quantitative estimate of drug-likeness (QED) is 0.681. The molecule has 0 aromatic rings. The third-order valence-corrected chi connectivity index (χ3v) is 3.35. The molecule has 0 unspecified atom stereocenters. The lowest BCUT2D eigenvalue weighted by atomic mass is 10.1. The lowest BCUT2D eigenvalue weighted by Crippen LogP contribution is -2.28. The van der Waals surface area contributed by atoms with E-state index in [0.717, 1.165) is 0 Å². The molecular weight excluding hydrogens is 184 g/mol. The largest absolute Gasteiger partial charge is 0.320 e. The summed E-state index contributed by atoms with van der Waals surface area (Å²) in [5.74, 6) is 0. The van der Waals surface area contributed by atoms with Gasteiger partial charge >= 0.3 is 0 Å². The Labute approximate surface area is 95.4 Å². The zero-order valence-electron chi connectivity index (χ0n) is 10.4. The Morgan fingerprint density at radius 2 is 1.53 bits per heavy atom. The number of nitrogens with zero attached hydrogens (tertiary/aromatic N) is 1. The molecule has 0 radical (unpaired) electrons. The smallest absolute Gasteiger partial charge is 0.00187 e. The van der Waals surface area contributed by atoms with E-state index in [1.807, 2.05) is 7.05 Å². The van der Waals surface area contributed by atoms with E-state index in [0.29, 0.717) is 0 Å². The number of hydrogen-bond acceptors (Lipinski definition) is 2. The van der Waals surface area contributed by atoms with Gasteiger partial charge in [-0.3, -0.25) is 0 Å². The molecule has 1 aliphatic rings. The van der Waals surface area contributed by atoms with Crippen molar-refractivity contribution in [2.45, 2.75) is 51.4 Å². The summed E-state index contributed by atoms with van der Waals surface area (Å²) in [6.07, 6.45) is 11.3. The number of rotatable bonds is 6. The summed E-state index contributed by atoms with van der Waals surface area (Å²) in [4.78, 5) is 2.68. The van der Waals surface area contributed by atoms with Crippen LogP contribution in [0, 0.1) is 0 Å². The predicted molar refractivity (Wildman–Crippen MR) is 67.3 cm³/mol. The van der Waals surface area contributed by atoms with Crippen molar-refractivity contribution in [2.75, 3.05) is 33.2 Å². The van der Waals surface area contributed by atoms with Crippen molar-refractivity contribution in [1.82, 2.24) is 10.2 Å². The highest BCUT2D eigenvalue weighted by Crippen LogP contribution is 2.11. The minimum atomic E-state index is 1.18. The minimum Gasteiger partial charge on any atom is -0.320 e. The van der Waals surface area contributed by atoms with Crippen molar-refractivity contribution in [3.63, 3.8) is 0 Å². The fourth-order valence-electron chi connectivity index (χ4n) is 2.35. The van der Waals surface area contributed by atoms with E-state index < -0.39 is 0 Å². The molecule has 15 heavy (non-hydrogen) atoms. The highest BCUT2D eigenvalue weighted by atomic mass is 15.1. The Morgan fingerprint density at radius 1 is 0.867 bits per heavy atom. The molecule has 1 saturated heterocycles. The molecule has 0 aromatic heterocycles. The molecule has 1 fully saturated rings. The van der Waals surface area contributed by atoms with Crippen molar-refractivity contribution in [1.29, 1.82) is 0 Å². The van der Waals surface area contributed by atoms with Gasteiger partial charge in [0.2, 0.25) is 0 Å². The molecule has 0 atom stereocenters. The van der Waals surface area contributed by atoms with Crippen LogP contribution in [0.3, 0.4) is 0 Å². The van der Waals surface area contributed by atoms with Crippen LogP contribution < -0.4 is 5.32 Å². The summed E-state index contributed by atoms with van der Waals surface area (Å²) in [5.41, 5.74) is 0. The van der Waals surface area contributed by atoms with Gasteiger partial charge in [0.15, 0.2) is 0 Å². The first-order chi connectivity index (χ1) is 7.43. The Morgan fingerprint density at radius 3 is 2.20 bits per heavy atom. The van der Waals surface area contributed by atoms with Crippen LogP contribution >= 0.6 is 0 Å². The molecule has 1 rings (SSSR count). The number of hydrogen-bond donors (Lipinski definition) is 1.